The van der Waals surface area contributed by atoms with Crippen molar-refractivity contribution in [2.75, 3.05) is 5.32 Å². The molecule has 0 atom stereocenters. The first-order valence-corrected chi connectivity index (χ1v) is 8.50. The summed E-state index contributed by atoms with van der Waals surface area (Å²) in [6.07, 6.45) is 12.8. The van der Waals surface area contributed by atoms with Crippen LogP contribution < -0.4 is 5.32 Å². The number of rotatable bonds is 2. The summed E-state index contributed by atoms with van der Waals surface area (Å²) in [7, 11) is 0. The molecule has 1 aliphatic heterocycles. The fourth-order valence-electron chi connectivity index (χ4n) is 3.94. The lowest BCUT2D eigenvalue weighted by Gasteiger charge is -2.42. The van der Waals surface area contributed by atoms with E-state index in [1.807, 2.05) is 12.4 Å². The van der Waals surface area contributed by atoms with Gasteiger partial charge in [-0.3, -0.25) is 4.99 Å². The summed E-state index contributed by atoms with van der Waals surface area (Å²) in [4.78, 5) is 13.1. The minimum atomic E-state index is 0.197. The molecule has 23 heavy (non-hydrogen) atoms. The molecular weight excluding hydrogens is 284 g/mol. The number of benzene rings is 1. The quantitative estimate of drug-likeness (QED) is 0.912. The molecule has 2 aliphatic rings. The van der Waals surface area contributed by atoms with E-state index < -0.39 is 0 Å². The van der Waals surface area contributed by atoms with Crippen LogP contribution in [0.2, 0.25) is 0 Å². The molecule has 2 heterocycles. The Morgan fingerprint density at radius 3 is 2.65 bits per heavy atom. The summed E-state index contributed by atoms with van der Waals surface area (Å²) in [5, 5.41) is 3.64. The van der Waals surface area contributed by atoms with Crippen LogP contribution in [0.4, 0.5) is 5.69 Å². The Morgan fingerprint density at radius 2 is 1.83 bits per heavy atom. The molecule has 4 nitrogen and oxygen atoms in total. The van der Waals surface area contributed by atoms with Crippen molar-refractivity contribution in [2.45, 2.75) is 45.1 Å². The number of hydrogen-bond donors (Lipinski definition) is 1. The summed E-state index contributed by atoms with van der Waals surface area (Å²) >= 11 is 0. The zero-order valence-corrected chi connectivity index (χ0v) is 13.3. The standard InChI is InChI=1S/C19H22N4/c1-4-8-19(9-5-1)10-16-6-2-3-7-17(16)23-18(19)22-13-15-11-20-14-21-12-15/h2-3,6-7,11-12,14H,1,4-5,8-10,13H2,(H,22,23). The van der Waals surface area contributed by atoms with Gasteiger partial charge in [0.1, 0.15) is 12.2 Å². The molecule has 0 saturated heterocycles. The van der Waals surface area contributed by atoms with Gasteiger partial charge in [-0.05, 0) is 30.9 Å². The van der Waals surface area contributed by atoms with E-state index in [4.69, 9.17) is 4.99 Å². The van der Waals surface area contributed by atoms with Gasteiger partial charge in [0.15, 0.2) is 0 Å². The van der Waals surface area contributed by atoms with Crippen LogP contribution in [0.5, 0.6) is 0 Å². The van der Waals surface area contributed by atoms with Crippen molar-refractivity contribution in [3.05, 3.63) is 54.1 Å². The molecule has 0 radical (unpaired) electrons. The van der Waals surface area contributed by atoms with Crippen LogP contribution in [-0.4, -0.2) is 15.8 Å². The van der Waals surface area contributed by atoms with Crippen molar-refractivity contribution in [3.63, 3.8) is 0 Å². The maximum absolute atomic E-state index is 4.95. The van der Waals surface area contributed by atoms with Gasteiger partial charge in [-0.15, -0.1) is 0 Å². The first-order chi connectivity index (χ1) is 11.4. The van der Waals surface area contributed by atoms with Gasteiger partial charge in [0.2, 0.25) is 0 Å². The van der Waals surface area contributed by atoms with E-state index in [1.54, 1.807) is 6.33 Å². The van der Waals surface area contributed by atoms with E-state index in [0.29, 0.717) is 6.54 Å². The average Bonchev–Trinajstić information content (AvgIpc) is 2.61. The van der Waals surface area contributed by atoms with Crippen molar-refractivity contribution in [1.82, 2.24) is 9.97 Å². The van der Waals surface area contributed by atoms with Crippen molar-refractivity contribution in [2.24, 2.45) is 10.4 Å². The average molecular weight is 306 g/mol. The number of aromatic nitrogens is 2. The number of para-hydroxylation sites is 1. The van der Waals surface area contributed by atoms with Gasteiger partial charge in [0.05, 0.1) is 6.54 Å². The number of nitrogens with one attached hydrogen (secondary N) is 1. The third-order valence-electron chi connectivity index (χ3n) is 5.15. The lowest BCUT2D eigenvalue weighted by Crippen LogP contribution is -2.43. The maximum Gasteiger partial charge on any atom is 0.115 e. The van der Waals surface area contributed by atoms with E-state index >= 15 is 0 Å². The van der Waals surface area contributed by atoms with Crippen molar-refractivity contribution >= 4 is 11.5 Å². The van der Waals surface area contributed by atoms with Crippen molar-refractivity contribution < 1.29 is 0 Å². The van der Waals surface area contributed by atoms with Crippen LogP contribution in [0, 0.1) is 5.41 Å². The molecular formula is C19H22N4. The smallest absolute Gasteiger partial charge is 0.115 e. The van der Waals surface area contributed by atoms with Gasteiger partial charge >= 0.3 is 0 Å². The minimum Gasteiger partial charge on any atom is -0.343 e. The van der Waals surface area contributed by atoms with Gasteiger partial charge in [-0.1, -0.05) is 37.5 Å². The number of hydrogen-bond acceptors (Lipinski definition) is 3. The molecule has 1 saturated carbocycles. The van der Waals surface area contributed by atoms with Gasteiger partial charge < -0.3 is 5.32 Å². The Hall–Kier alpha value is -2.23. The first kappa shape index (κ1) is 14.4. The summed E-state index contributed by atoms with van der Waals surface area (Å²) in [5.74, 6) is 1.17. The summed E-state index contributed by atoms with van der Waals surface area (Å²) in [6.45, 7) is 0.646. The summed E-state index contributed by atoms with van der Waals surface area (Å²) < 4.78 is 0. The fourth-order valence-corrected chi connectivity index (χ4v) is 3.94. The summed E-state index contributed by atoms with van der Waals surface area (Å²) in [5.41, 5.74) is 3.90. The second-order valence-corrected chi connectivity index (χ2v) is 6.71. The number of aliphatic imine (C=N–C) groups is 1. The van der Waals surface area contributed by atoms with E-state index in [0.717, 1.165) is 12.0 Å². The molecule has 0 unspecified atom stereocenters. The zero-order valence-electron chi connectivity index (χ0n) is 13.3. The first-order valence-electron chi connectivity index (χ1n) is 8.50. The second kappa shape index (κ2) is 6.11. The molecule has 4 rings (SSSR count). The Morgan fingerprint density at radius 1 is 1.04 bits per heavy atom. The molecule has 1 aromatic heterocycles. The number of nitrogens with zero attached hydrogens (tertiary/aromatic N) is 3. The van der Waals surface area contributed by atoms with E-state index in [9.17, 15) is 0 Å². The molecule has 2 aromatic rings. The highest BCUT2D eigenvalue weighted by Gasteiger charge is 2.40. The predicted molar refractivity (Wildman–Crippen MR) is 92.5 cm³/mol. The third-order valence-corrected chi connectivity index (χ3v) is 5.15. The van der Waals surface area contributed by atoms with Crippen LogP contribution >= 0.6 is 0 Å². The number of fused-ring (bicyclic) bond motifs is 1. The van der Waals surface area contributed by atoms with E-state index in [1.165, 1.54) is 49.2 Å². The molecule has 1 spiro atoms. The van der Waals surface area contributed by atoms with Gasteiger partial charge in [-0.2, -0.15) is 0 Å². The normalized spacial score (nSPS) is 21.0. The number of anilines is 1. The second-order valence-electron chi connectivity index (χ2n) is 6.71. The van der Waals surface area contributed by atoms with Crippen LogP contribution in [0.1, 0.15) is 43.2 Å². The predicted octanol–water partition coefficient (Wildman–Crippen LogP) is 3.99. The van der Waals surface area contributed by atoms with Gasteiger partial charge in [0, 0.05) is 29.1 Å². The Bertz CT molecular complexity index is 702. The van der Waals surface area contributed by atoms with Crippen LogP contribution in [-0.2, 0) is 13.0 Å². The van der Waals surface area contributed by atoms with Crippen LogP contribution in [0.25, 0.3) is 0 Å². The molecule has 1 fully saturated rings. The fraction of sp³-hybridized carbons (Fsp3) is 0.421. The van der Waals surface area contributed by atoms with Gasteiger partial charge in [0.25, 0.3) is 0 Å². The highest BCUT2D eigenvalue weighted by atomic mass is 15.0. The molecule has 0 bridgehead atoms. The van der Waals surface area contributed by atoms with Crippen molar-refractivity contribution in [3.8, 4) is 0 Å². The Labute approximate surface area is 137 Å². The van der Waals surface area contributed by atoms with Crippen molar-refractivity contribution in [1.29, 1.82) is 0 Å². The van der Waals surface area contributed by atoms with Crippen LogP contribution in [0.15, 0.2) is 48.0 Å². The monoisotopic (exact) mass is 306 g/mol. The summed E-state index contributed by atoms with van der Waals surface area (Å²) in [6, 6.07) is 8.64. The Balaban J connectivity index is 1.67. The van der Waals surface area contributed by atoms with Crippen LogP contribution in [0.3, 0.4) is 0 Å². The SMILES string of the molecule is c1ccc2c(c1)CC1(CCCCC1)C(=NCc1cncnc1)N2. The number of amidine groups is 1. The lowest BCUT2D eigenvalue weighted by molar-refractivity contribution is 0.278. The van der Waals surface area contributed by atoms with Gasteiger partial charge in [-0.25, -0.2) is 9.97 Å². The third kappa shape index (κ3) is 2.85. The minimum absolute atomic E-state index is 0.197. The highest BCUT2D eigenvalue weighted by Crippen LogP contribution is 2.44. The Kier molecular flexibility index (Phi) is 3.82. The van der Waals surface area contributed by atoms with E-state index in [2.05, 4.69) is 39.6 Å². The highest BCUT2D eigenvalue weighted by molar-refractivity contribution is 6.02. The topological polar surface area (TPSA) is 50.2 Å². The van der Waals surface area contributed by atoms with E-state index in [-0.39, 0.29) is 5.41 Å². The molecule has 1 aliphatic carbocycles. The lowest BCUT2D eigenvalue weighted by atomic mass is 9.67. The zero-order chi connectivity index (χ0) is 15.5. The molecule has 1 N–H and O–H groups in total. The molecule has 4 heteroatoms. The maximum atomic E-state index is 4.95. The molecule has 118 valence electrons. The molecule has 1 aromatic carbocycles. The largest absolute Gasteiger partial charge is 0.343 e. The molecule has 0 amide bonds.